The van der Waals surface area contributed by atoms with E-state index in [0.29, 0.717) is 6.54 Å². The molecule has 0 fully saturated rings. The van der Waals surface area contributed by atoms with Gasteiger partial charge >= 0.3 is 0 Å². The molecule has 0 amide bonds. The quantitative estimate of drug-likeness (QED) is 0.409. The van der Waals surface area contributed by atoms with Gasteiger partial charge in [0.25, 0.3) is 0 Å². The summed E-state index contributed by atoms with van der Waals surface area (Å²) in [6.45, 7) is 0.742. The molecule has 0 aliphatic carbocycles. The van der Waals surface area contributed by atoms with E-state index >= 15 is 0 Å². The second-order valence-corrected chi connectivity index (χ2v) is 7.07. The minimum Gasteiger partial charge on any atom is -0.395 e. The number of benzene rings is 4. The van der Waals surface area contributed by atoms with Crippen molar-refractivity contribution < 1.29 is 5.11 Å². The standard InChI is InChI=1S/C26H21NO/c28-17-16-27-25-9-5-4-8-23(25)24-18-22(14-15-26(24)27)21-12-10-20(11-13-21)19-6-2-1-3-7-19/h1-15,18,28H,16-17H2. The molecule has 0 spiro atoms. The minimum atomic E-state index is 0.135. The Morgan fingerprint density at radius 3 is 1.86 bits per heavy atom. The number of rotatable bonds is 4. The van der Waals surface area contributed by atoms with Crippen molar-refractivity contribution in [1.29, 1.82) is 0 Å². The molecule has 28 heavy (non-hydrogen) atoms. The monoisotopic (exact) mass is 363 g/mol. The van der Waals surface area contributed by atoms with Crippen LogP contribution in [0.2, 0.25) is 0 Å². The maximum atomic E-state index is 9.49. The zero-order valence-electron chi connectivity index (χ0n) is 15.5. The maximum Gasteiger partial charge on any atom is 0.0610 e. The lowest BCUT2D eigenvalue weighted by Gasteiger charge is -2.07. The molecule has 0 aliphatic heterocycles. The van der Waals surface area contributed by atoms with Crippen LogP contribution in [0.15, 0.2) is 97.1 Å². The SMILES string of the molecule is OCCn1c2ccccc2c2cc(-c3ccc(-c4ccccc4)cc3)ccc21. The third-order valence-corrected chi connectivity index (χ3v) is 5.42. The fraction of sp³-hybridized carbons (Fsp3) is 0.0769. The summed E-state index contributed by atoms with van der Waals surface area (Å²) in [4.78, 5) is 0. The predicted octanol–water partition coefficient (Wildman–Crippen LogP) is 6.12. The summed E-state index contributed by atoms with van der Waals surface area (Å²) in [5, 5.41) is 11.9. The highest BCUT2D eigenvalue weighted by atomic mass is 16.3. The number of hydrogen-bond acceptors (Lipinski definition) is 1. The number of hydrogen-bond donors (Lipinski definition) is 1. The summed E-state index contributed by atoms with van der Waals surface area (Å²) >= 11 is 0. The zero-order valence-corrected chi connectivity index (χ0v) is 15.5. The first-order chi connectivity index (χ1) is 13.8. The molecule has 0 unspecified atom stereocenters. The summed E-state index contributed by atoms with van der Waals surface area (Å²) in [7, 11) is 0. The smallest absolute Gasteiger partial charge is 0.0610 e. The third kappa shape index (κ3) is 2.79. The van der Waals surface area contributed by atoms with Crippen molar-refractivity contribution in [1.82, 2.24) is 4.57 Å². The first-order valence-electron chi connectivity index (χ1n) is 9.63. The molecule has 1 N–H and O–H groups in total. The third-order valence-electron chi connectivity index (χ3n) is 5.42. The van der Waals surface area contributed by atoms with Gasteiger partial charge in [0, 0.05) is 28.4 Å². The van der Waals surface area contributed by atoms with Crippen LogP contribution in [0.4, 0.5) is 0 Å². The fourth-order valence-corrected chi connectivity index (χ4v) is 4.06. The Morgan fingerprint density at radius 2 is 1.11 bits per heavy atom. The van der Waals surface area contributed by atoms with Crippen molar-refractivity contribution in [3.63, 3.8) is 0 Å². The average molecular weight is 363 g/mol. The molecule has 2 nitrogen and oxygen atoms in total. The maximum absolute atomic E-state index is 9.49. The fourth-order valence-electron chi connectivity index (χ4n) is 4.06. The molecule has 0 saturated carbocycles. The van der Waals surface area contributed by atoms with E-state index in [2.05, 4.69) is 95.6 Å². The average Bonchev–Trinajstić information content (AvgIpc) is 3.08. The summed E-state index contributed by atoms with van der Waals surface area (Å²) in [6, 6.07) is 34.2. The van der Waals surface area contributed by atoms with Crippen molar-refractivity contribution in [3.8, 4) is 22.3 Å². The lowest BCUT2D eigenvalue weighted by Crippen LogP contribution is -2.01. The van der Waals surface area contributed by atoms with Crippen LogP contribution in [0.1, 0.15) is 0 Å². The minimum absolute atomic E-state index is 0.135. The van der Waals surface area contributed by atoms with Gasteiger partial charge in [-0.3, -0.25) is 0 Å². The summed E-state index contributed by atoms with van der Waals surface area (Å²) < 4.78 is 2.20. The molecule has 4 aromatic carbocycles. The van der Waals surface area contributed by atoms with E-state index in [-0.39, 0.29) is 6.61 Å². The number of aliphatic hydroxyl groups is 1. The van der Waals surface area contributed by atoms with Crippen LogP contribution < -0.4 is 0 Å². The first kappa shape index (κ1) is 16.8. The highest BCUT2D eigenvalue weighted by molar-refractivity contribution is 6.09. The van der Waals surface area contributed by atoms with Crippen LogP contribution >= 0.6 is 0 Å². The summed E-state index contributed by atoms with van der Waals surface area (Å²) in [5.74, 6) is 0. The van der Waals surface area contributed by atoms with Gasteiger partial charge in [-0.25, -0.2) is 0 Å². The van der Waals surface area contributed by atoms with Gasteiger partial charge in [-0.15, -0.1) is 0 Å². The van der Waals surface area contributed by atoms with Crippen LogP contribution in [0.3, 0.4) is 0 Å². The molecule has 5 rings (SSSR count). The number of nitrogens with zero attached hydrogens (tertiary/aromatic N) is 1. The van der Waals surface area contributed by atoms with Crippen LogP contribution in [0.25, 0.3) is 44.1 Å². The Hall–Kier alpha value is -3.36. The predicted molar refractivity (Wildman–Crippen MR) is 117 cm³/mol. The van der Waals surface area contributed by atoms with Gasteiger partial charge < -0.3 is 9.67 Å². The van der Waals surface area contributed by atoms with Gasteiger partial charge in [-0.05, 0) is 40.5 Å². The summed E-state index contributed by atoms with van der Waals surface area (Å²) in [6.07, 6.45) is 0. The zero-order chi connectivity index (χ0) is 18.9. The van der Waals surface area contributed by atoms with Gasteiger partial charge in [0.05, 0.1) is 6.61 Å². The van der Waals surface area contributed by atoms with E-state index in [1.165, 1.54) is 44.1 Å². The van der Waals surface area contributed by atoms with Crippen molar-refractivity contribution in [3.05, 3.63) is 97.1 Å². The van der Waals surface area contributed by atoms with Crippen LogP contribution in [-0.4, -0.2) is 16.3 Å². The van der Waals surface area contributed by atoms with Crippen molar-refractivity contribution in [2.24, 2.45) is 0 Å². The van der Waals surface area contributed by atoms with Crippen molar-refractivity contribution >= 4 is 21.8 Å². The van der Waals surface area contributed by atoms with E-state index in [4.69, 9.17) is 0 Å². The molecule has 5 aromatic rings. The van der Waals surface area contributed by atoms with E-state index in [9.17, 15) is 5.11 Å². The van der Waals surface area contributed by atoms with E-state index in [0.717, 1.165) is 0 Å². The second kappa shape index (κ2) is 6.99. The molecule has 136 valence electrons. The Morgan fingerprint density at radius 1 is 0.536 bits per heavy atom. The molecule has 0 aliphatic rings. The first-order valence-corrected chi connectivity index (χ1v) is 9.63. The van der Waals surface area contributed by atoms with Crippen LogP contribution in [0.5, 0.6) is 0 Å². The molecular formula is C26H21NO. The second-order valence-electron chi connectivity index (χ2n) is 7.07. The number of aliphatic hydroxyl groups excluding tert-OH is 1. The Balaban J connectivity index is 1.61. The molecule has 1 aromatic heterocycles. The lowest BCUT2D eigenvalue weighted by molar-refractivity contribution is 0.280. The Labute approximate surface area is 164 Å². The van der Waals surface area contributed by atoms with Crippen LogP contribution in [0, 0.1) is 0 Å². The molecular weight excluding hydrogens is 342 g/mol. The van der Waals surface area contributed by atoms with Gasteiger partial charge in [0.2, 0.25) is 0 Å². The normalized spacial score (nSPS) is 11.3. The number of aromatic nitrogens is 1. The number of fused-ring (bicyclic) bond motifs is 3. The molecule has 0 atom stereocenters. The van der Waals surface area contributed by atoms with Gasteiger partial charge in [0.15, 0.2) is 0 Å². The molecule has 0 bridgehead atoms. The topological polar surface area (TPSA) is 25.2 Å². The molecule has 2 heteroatoms. The van der Waals surface area contributed by atoms with Gasteiger partial charge in [-0.2, -0.15) is 0 Å². The lowest BCUT2D eigenvalue weighted by atomic mass is 9.99. The number of para-hydroxylation sites is 1. The highest BCUT2D eigenvalue weighted by Gasteiger charge is 2.11. The molecule has 1 heterocycles. The largest absolute Gasteiger partial charge is 0.395 e. The molecule has 0 saturated heterocycles. The Kier molecular flexibility index (Phi) is 4.19. The van der Waals surface area contributed by atoms with Gasteiger partial charge in [-0.1, -0.05) is 78.9 Å². The summed E-state index contributed by atoms with van der Waals surface area (Å²) in [5.41, 5.74) is 7.21. The van der Waals surface area contributed by atoms with Crippen molar-refractivity contribution in [2.75, 3.05) is 6.61 Å². The highest BCUT2D eigenvalue weighted by Crippen LogP contribution is 2.33. The van der Waals surface area contributed by atoms with Crippen LogP contribution in [-0.2, 0) is 6.54 Å². The van der Waals surface area contributed by atoms with Crippen molar-refractivity contribution in [2.45, 2.75) is 6.54 Å². The van der Waals surface area contributed by atoms with E-state index in [1.807, 2.05) is 6.07 Å². The van der Waals surface area contributed by atoms with E-state index in [1.54, 1.807) is 0 Å². The Bertz CT molecular complexity index is 1250. The van der Waals surface area contributed by atoms with E-state index < -0.39 is 0 Å². The molecule has 0 radical (unpaired) electrons. The van der Waals surface area contributed by atoms with Gasteiger partial charge in [0.1, 0.15) is 0 Å².